The number of carbonyl (C=O) groups is 2. The number of nitrogens with zero attached hydrogens (tertiary/aromatic N) is 3. The maximum atomic E-state index is 13.2. The summed E-state index contributed by atoms with van der Waals surface area (Å²) in [6, 6.07) is 18.2. The number of carbonyl (C=O) groups excluding carboxylic acids is 2. The van der Waals surface area contributed by atoms with Crippen LogP contribution in [0.1, 0.15) is 41.9 Å². The average Bonchev–Trinajstić information content (AvgIpc) is 2.97. The number of aromatic nitrogens is 1. The van der Waals surface area contributed by atoms with Crippen LogP contribution in [0.25, 0.3) is 10.9 Å². The number of amidine groups is 1. The summed E-state index contributed by atoms with van der Waals surface area (Å²) in [6.45, 7) is 2.29. The van der Waals surface area contributed by atoms with Crippen molar-refractivity contribution >= 4 is 28.6 Å². The van der Waals surface area contributed by atoms with Crippen LogP contribution in [0.2, 0.25) is 0 Å². The number of para-hydroxylation sites is 1. The van der Waals surface area contributed by atoms with Gasteiger partial charge in [-0.15, -0.1) is 0 Å². The van der Waals surface area contributed by atoms with Gasteiger partial charge in [-0.2, -0.15) is 0 Å². The largest absolute Gasteiger partial charge is 0.469 e. The molecule has 3 aromatic rings. The Kier molecular flexibility index (Phi) is 8.51. The number of aliphatic hydroxyl groups excluding tert-OH is 1. The number of fused-ring (bicyclic) bond motifs is 1. The number of β-amino-alcohol motifs (C(OH)–C–C–N with tert-alkyl or cyclic N) is 1. The predicted octanol–water partition coefficient (Wildman–Crippen LogP) is 3.27. The van der Waals surface area contributed by atoms with E-state index >= 15 is 0 Å². The van der Waals surface area contributed by atoms with Crippen LogP contribution >= 0.6 is 0 Å². The van der Waals surface area contributed by atoms with Crippen molar-refractivity contribution in [2.75, 3.05) is 33.3 Å². The first kappa shape index (κ1) is 26.8. The van der Waals surface area contributed by atoms with Crippen LogP contribution in [0.15, 0.2) is 65.8 Å². The Balaban J connectivity index is 1.21. The van der Waals surface area contributed by atoms with E-state index in [0.29, 0.717) is 45.4 Å². The van der Waals surface area contributed by atoms with Crippen molar-refractivity contribution in [3.05, 3.63) is 77.5 Å². The van der Waals surface area contributed by atoms with Crippen LogP contribution in [0, 0.1) is 5.92 Å². The molecule has 8 heteroatoms. The zero-order valence-corrected chi connectivity index (χ0v) is 22.4. The van der Waals surface area contributed by atoms with Crippen molar-refractivity contribution in [2.45, 2.75) is 44.1 Å². The van der Waals surface area contributed by atoms with Crippen LogP contribution in [-0.4, -0.2) is 72.1 Å². The molecule has 8 nitrogen and oxygen atoms in total. The average molecular weight is 529 g/mol. The summed E-state index contributed by atoms with van der Waals surface area (Å²) >= 11 is 0. The van der Waals surface area contributed by atoms with Gasteiger partial charge in [0.25, 0.3) is 0 Å². The van der Waals surface area contributed by atoms with E-state index in [2.05, 4.69) is 27.4 Å². The van der Waals surface area contributed by atoms with E-state index in [1.807, 2.05) is 53.6 Å². The summed E-state index contributed by atoms with van der Waals surface area (Å²) < 4.78 is 5.02. The molecule has 2 aliphatic rings. The molecule has 2 aliphatic heterocycles. The minimum absolute atomic E-state index is 0.000846. The number of aliphatic hydroxyl groups is 1. The second-order valence-electron chi connectivity index (χ2n) is 10.6. The fraction of sp³-hybridized carbons (Fsp3) is 0.419. The Morgan fingerprint density at radius 3 is 2.67 bits per heavy atom. The smallest absolute Gasteiger partial charge is 0.306 e. The highest BCUT2D eigenvalue weighted by Crippen LogP contribution is 2.36. The summed E-state index contributed by atoms with van der Waals surface area (Å²) in [6.07, 6.45) is 4.44. The molecular formula is C31H36N4O4. The number of hydrogen-bond acceptors (Lipinski definition) is 7. The summed E-state index contributed by atoms with van der Waals surface area (Å²) in [5.74, 6) is 1.03. The van der Waals surface area contributed by atoms with Crippen molar-refractivity contribution in [1.82, 2.24) is 15.2 Å². The van der Waals surface area contributed by atoms with Gasteiger partial charge < -0.3 is 20.1 Å². The number of nitrogens with one attached hydrogen (secondary N) is 1. The van der Waals surface area contributed by atoms with Gasteiger partial charge in [0.15, 0.2) is 0 Å². The maximum Gasteiger partial charge on any atom is 0.306 e. The second-order valence-corrected chi connectivity index (χ2v) is 10.6. The number of hydrogen-bond donors (Lipinski definition) is 2. The molecule has 2 unspecified atom stereocenters. The van der Waals surface area contributed by atoms with E-state index in [1.54, 1.807) is 0 Å². The maximum absolute atomic E-state index is 13.2. The van der Waals surface area contributed by atoms with Gasteiger partial charge in [0.05, 0.1) is 38.1 Å². The Morgan fingerprint density at radius 1 is 1.10 bits per heavy atom. The molecule has 0 bridgehead atoms. The fourth-order valence-corrected chi connectivity index (χ4v) is 5.68. The van der Waals surface area contributed by atoms with E-state index in [9.17, 15) is 14.7 Å². The molecule has 1 saturated heterocycles. The second kappa shape index (κ2) is 12.4. The van der Waals surface area contributed by atoms with Crippen LogP contribution < -0.4 is 5.32 Å². The number of amides is 1. The molecule has 39 heavy (non-hydrogen) atoms. The number of piperidine rings is 1. The molecule has 3 heterocycles. The quantitative estimate of drug-likeness (QED) is 0.435. The van der Waals surface area contributed by atoms with Crippen LogP contribution in [0.5, 0.6) is 0 Å². The van der Waals surface area contributed by atoms with Gasteiger partial charge in [-0.1, -0.05) is 42.5 Å². The molecule has 2 aromatic carbocycles. The molecule has 0 spiro atoms. The molecule has 2 N–H and O–H groups in total. The lowest BCUT2D eigenvalue weighted by Gasteiger charge is -2.36. The van der Waals surface area contributed by atoms with Gasteiger partial charge in [0.1, 0.15) is 5.84 Å². The van der Waals surface area contributed by atoms with Gasteiger partial charge in [0.2, 0.25) is 5.91 Å². The molecule has 1 amide bonds. The number of benzene rings is 2. The van der Waals surface area contributed by atoms with E-state index in [0.717, 1.165) is 46.3 Å². The number of likely N-dealkylation sites (tertiary alicyclic amines) is 1. The third kappa shape index (κ3) is 6.81. The molecule has 0 saturated carbocycles. The van der Waals surface area contributed by atoms with Gasteiger partial charge in [-0.25, -0.2) is 0 Å². The summed E-state index contributed by atoms with van der Waals surface area (Å²) in [7, 11) is 1.43. The highest BCUT2D eigenvalue weighted by atomic mass is 16.5. The number of ether oxygens (including phenoxy) is 1. The topological polar surface area (TPSA) is 104 Å². The van der Waals surface area contributed by atoms with Gasteiger partial charge >= 0.3 is 5.97 Å². The monoisotopic (exact) mass is 528 g/mol. The molecule has 0 aliphatic carbocycles. The first-order valence-electron chi connectivity index (χ1n) is 13.7. The molecule has 0 radical (unpaired) electrons. The first-order chi connectivity index (χ1) is 19.0. The summed E-state index contributed by atoms with van der Waals surface area (Å²) in [5.41, 5.74) is 4.06. The summed E-state index contributed by atoms with van der Waals surface area (Å²) in [4.78, 5) is 36.5. The number of rotatable bonds is 8. The Morgan fingerprint density at radius 2 is 1.90 bits per heavy atom. The first-order valence-corrected chi connectivity index (χ1v) is 13.7. The highest BCUT2D eigenvalue weighted by molar-refractivity contribution is 5.85. The lowest BCUT2D eigenvalue weighted by Crippen LogP contribution is -2.40. The number of pyridine rings is 1. The highest BCUT2D eigenvalue weighted by Gasteiger charge is 2.31. The zero-order valence-electron chi connectivity index (χ0n) is 22.4. The van der Waals surface area contributed by atoms with Crippen molar-refractivity contribution in [3.8, 4) is 0 Å². The van der Waals surface area contributed by atoms with E-state index < -0.39 is 6.10 Å². The number of methoxy groups -OCH3 is 1. The van der Waals surface area contributed by atoms with Crippen molar-refractivity contribution in [2.24, 2.45) is 10.9 Å². The molecule has 204 valence electrons. The Labute approximate surface area is 229 Å². The molecule has 1 fully saturated rings. The van der Waals surface area contributed by atoms with Crippen molar-refractivity contribution in [3.63, 3.8) is 0 Å². The third-order valence-electron chi connectivity index (χ3n) is 7.87. The standard InChI is InChI=1S/C31H36N4O4/c1-39-31(38)17-27(25-16-24-7-2-3-8-28(24)32-18-25)23-9-11-35(12-10-23)30(37)15-22-6-4-5-21(13-22)14-29-33-19-26(36)20-34-29/h2-8,13,16,18,23,26-27,36H,9-12,14-15,17,19-20H2,1H3,(H,33,34). The molecule has 1 aromatic heterocycles. The summed E-state index contributed by atoms with van der Waals surface area (Å²) in [5, 5.41) is 13.8. The molecule has 2 atom stereocenters. The van der Waals surface area contributed by atoms with Crippen LogP contribution in [0.4, 0.5) is 0 Å². The van der Waals surface area contributed by atoms with Crippen molar-refractivity contribution < 1.29 is 19.4 Å². The Bertz CT molecular complexity index is 1350. The number of esters is 1. The number of aliphatic imine (C=N–C) groups is 1. The third-order valence-corrected chi connectivity index (χ3v) is 7.87. The zero-order chi connectivity index (χ0) is 27.2. The van der Waals surface area contributed by atoms with Crippen molar-refractivity contribution in [1.29, 1.82) is 0 Å². The lowest BCUT2D eigenvalue weighted by molar-refractivity contribution is -0.142. The Hall–Kier alpha value is -3.78. The van der Waals surface area contributed by atoms with Crippen LogP contribution in [0.3, 0.4) is 0 Å². The molecular weight excluding hydrogens is 492 g/mol. The van der Waals surface area contributed by atoms with E-state index in [-0.39, 0.29) is 23.7 Å². The van der Waals surface area contributed by atoms with E-state index in [1.165, 1.54) is 7.11 Å². The van der Waals surface area contributed by atoms with Gasteiger partial charge in [-0.05, 0) is 53.5 Å². The minimum atomic E-state index is -0.429. The normalized spacial score (nSPS) is 18.8. The predicted molar refractivity (Wildman–Crippen MR) is 151 cm³/mol. The fourth-order valence-electron chi connectivity index (χ4n) is 5.68. The lowest BCUT2D eigenvalue weighted by atomic mass is 9.78. The van der Waals surface area contributed by atoms with Gasteiger partial charge in [0, 0.05) is 37.6 Å². The minimum Gasteiger partial charge on any atom is -0.469 e. The SMILES string of the molecule is COC(=O)CC(c1cnc2ccccc2c1)C1CCN(C(=O)Cc2cccc(CC3=NCC(O)CN3)c2)CC1. The molecule has 5 rings (SSSR count). The van der Waals surface area contributed by atoms with Gasteiger partial charge in [-0.3, -0.25) is 19.6 Å². The van der Waals surface area contributed by atoms with E-state index in [4.69, 9.17) is 4.74 Å². The van der Waals surface area contributed by atoms with Crippen LogP contribution in [-0.2, 0) is 27.2 Å².